The van der Waals surface area contributed by atoms with E-state index in [1.54, 1.807) is 6.07 Å². The normalized spacial score (nSPS) is 10.9. The molecule has 0 aliphatic heterocycles. The first-order valence-corrected chi connectivity index (χ1v) is 13.5. The Kier molecular flexibility index (Phi) is 8.21. The minimum atomic E-state index is -0.128. The van der Waals surface area contributed by atoms with E-state index in [4.69, 9.17) is 4.74 Å². The maximum absolute atomic E-state index is 13.0. The molecule has 5 aromatic rings. The van der Waals surface area contributed by atoms with Gasteiger partial charge in [-0.3, -0.25) is 4.79 Å². The molecule has 4 aromatic carbocycles. The van der Waals surface area contributed by atoms with Crippen LogP contribution in [0.25, 0.3) is 0 Å². The Labute approximate surface area is 227 Å². The average molecular weight is 520 g/mol. The molecule has 1 heterocycles. The van der Waals surface area contributed by atoms with Gasteiger partial charge in [0.25, 0.3) is 11.1 Å². The first-order chi connectivity index (χ1) is 18.7. The lowest BCUT2D eigenvalue weighted by molar-refractivity contribution is 0.0952. The first-order valence-electron chi connectivity index (χ1n) is 12.7. The molecule has 5 nitrogen and oxygen atoms in total. The summed E-state index contributed by atoms with van der Waals surface area (Å²) in [5, 5.41) is 3.55. The number of amides is 1. The lowest BCUT2D eigenvalue weighted by Crippen LogP contribution is -2.26. The Morgan fingerprint density at radius 3 is 2.16 bits per heavy atom. The summed E-state index contributed by atoms with van der Waals surface area (Å²) < 4.78 is 10.5. The van der Waals surface area contributed by atoms with Gasteiger partial charge < -0.3 is 10.1 Å². The Bertz CT molecular complexity index is 1430. The molecule has 0 radical (unpaired) electrons. The maximum Gasteiger partial charge on any atom is 0.298 e. The molecule has 0 aliphatic rings. The molecule has 0 saturated carbocycles. The van der Waals surface area contributed by atoms with E-state index in [1.807, 2.05) is 49.4 Å². The van der Waals surface area contributed by atoms with Gasteiger partial charge in [-0.1, -0.05) is 97.1 Å². The van der Waals surface area contributed by atoms with Crippen molar-refractivity contribution in [1.29, 1.82) is 0 Å². The molecule has 0 spiro atoms. The fourth-order valence-electron chi connectivity index (χ4n) is 4.40. The zero-order valence-corrected chi connectivity index (χ0v) is 22.0. The van der Waals surface area contributed by atoms with Crippen molar-refractivity contribution in [3.8, 4) is 10.9 Å². The van der Waals surface area contributed by atoms with Gasteiger partial charge in [0, 0.05) is 36.0 Å². The molecular weight excluding hydrogens is 490 g/mol. The van der Waals surface area contributed by atoms with Crippen LogP contribution in [-0.4, -0.2) is 21.8 Å². The molecule has 0 aliphatic carbocycles. The minimum absolute atomic E-state index is 0.128. The Morgan fingerprint density at radius 2 is 1.50 bits per heavy atom. The van der Waals surface area contributed by atoms with Crippen molar-refractivity contribution < 1.29 is 9.53 Å². The number of ether oxygens (including phenoxy) is 1. The highest BCUT2D eigenvalue weighted by molar-refractivity contribution is 7.07. The lowest BCUT2D eigenvalue weighted by Gasteiger charge is -2.18. The quantitative estimate of drug-likeness (QED) is 0.212. The van der Waals surface area contributed by atoms with Crippen LogP contribution >= 0.6 is 11.5 Å². The minimum Gasteiger partial charge on any atom is -0.430 e. The number of hydrogen-bond acceptors (Lipinski definition) is 5. The summed E-state index contributed by atoms with van der Waals surface area (Å²) in [6, 6.07) is 36.4. The monoisotopic (exact) mass is 519 g/mol. The Balaban J connectivity index is 1.22. The van der Waals surface area contributed by atoms with Gasteiger partial charge in [-0.25, -0.2) is 0 Å². The van der Waals surface area contributed by atoms with Crippen molar-refractivity contribution in [3.63, 3.8) is 0 Å². The highest BCUT2D eigenvalue weighted by atomic mass is 32.1. The topological polar surface area (TPSA) is 64.1 Å². The summed E-state index contributed by atoms with van der Waals surface area (Å²) in [4.78, 5) is 17.6. The third kappa shape index (κ3) is 6.52. The molecule has 0 unspecified atom stereocenters. The second-order valence-electron chi connectivity index (χ2n) is 9.14. The number of hydrogen-bond donors (Lipinski definition) is 1. The van der Waals surface area contributed by atoms with Crippen LogP contribution in [-0.2, 0) is 6.42 Å². The highest BCUT2D eigenvalue weighted by Crippen LogP contribution is 2.29. The van der Waals surface area contributed by atoms with Gasteiger partial charge in [-0.05, 0) is 47.7 Å². The average Bonchev–Trinajstić information content (AvgIpc) is 3.40. The van der Waals surface area contributed by atoms with Crippen LogP contribution in [0.3, 0.4) is 0 Å². The summed E-state index contributed by atoms with van der Waals surface area (Å²) in [6.07, 6.45) is 1.44. The van der Waals surface area contributed by atoms with Crippen LogP contribution in [0.1, 0.15) is 50.8 Å². The molecule has 190 valence electrons. The van der Waals surface area contributed by atoms with E-state index in [2.05, 4.69) is 75.3 Å². The van der Waals surface area contributed by atoms with Crippen LogP contribution in [0.5, 0.6) is 10.9 Å². The summed E-state index contributed by atoms with van der Waals surface area (Å²) in [6.45, 7) is 2.50. The molecule has 1 amide bonds. The van der Waals surface area contributed by atoms with Crippen molar-refractivity contribution in [1.82, 2.24) is 14.7 Å². The third-order valence-corrected chi connectivity index (χ3v) is 7.06. The Morgan fingerprint density at radius 1 is 0.868 bits per heavy atom. The molecule has 1 aromatic heterocycles. The van der Waals surface area contributed by atoms with E-state index in [9.17, 15) is 4.79 Å². The standard InChI is InChI=1S/C32H29N3O2S/c1-23-17-18-27(22-29(23)37-32-34-30(35-38-32)21-24-11-5-2-6-12-24)31(36)33-20-19-28(25-13-7-3-8-14-25)26-15-9-4-10-16-26/h2-18,22,28H,19-21H2,1H3,(H,33,36). The number of rotatable bonds is 10. The number of nitrogens with zero attached hydrogens (tertiary/aromatic N) is 2. The van der Waals surface area contributed by atoms with Gasteiger partial charge >= 0.3 is 0 Å². The predicted molar refractivity (Wildman–Crippen MR) is 152 cm³/mol. The van der Waals surface area contributed by atoms with Crippen molar-refractivity contribution in [2.24, 2.45) is 0 Å². The molecule has 6 heteroatoms. The van der Waals surface area contributed by atoms with E-state index in [0.717, 1.165) is 17.5 Å². The zero-order chi connectivity index (χ0) is 26.2. The Hall–Kier alpha value is -4.29. The SMILES string of the molecule is Cc1ccc(C(=O)NCCC(c2ccccc2)c2ccccc2)cc1Oc1nc(Cc2ccccc2)ns1. The van der Waals surface area contributed by atoms with E-state index in [-0.39, 0.29) is 11.8 Å². The van der Waals surface area contributed by atoms with Gasteiger partial charge in [-0.15, -0.1) is 0 Å². The molecule has 38 heavy (non-hydrogen) atoms. The number of carbonyl (C=O) groups is 1. The molecule has 0 fully saturated rings. The summed E-state index contributed by atoms with van der Waals surface area (Å²) in [5.41, 5.74) is 5.10. The molecule has 1 N–H and O–H groups in total. The zero-order valence-electron chi connectivity index (χ0n) is 21.2. The lowest BCUT2D eigenvalue weighted by atomic mass is 9.88. The summed E-state index contributed by atoms with van der Waals surface area (Å²) in [5.74, 6) is 1.40. The van der Waals surface area contributed by atoms with Crippen LogP contribution in [0.2, 0.25) is 0 Å². The second-order valence-corrected chi connectivity index (χ2v) is 9.85. The van der Waals surface area contributed by atoms with Crippen LogP contribution in [0.15, 0.2) is 109 Å². The number of aryl methyl sites for hydroxylation is 1. The summed E-state index contributed by atoms with van der Waals surface area (Å²) in [7, 11) is 0. The van der Waals surface area contributed by atoms with Crippen LogP contribution in [0.4, 0.5) is 0 Å². The molecule has 0 atom stereocenters. The number of benzene rings is 4. The molecule has 0 bridgehead atoms. The number of carbonyl (C=O) groups excluding carboxylic acids is 1. The second kappa shape index (κ2) is 12.3. The third-order valence-electron chi connectivity index (χ3n) is 6.42. The molecular formula is C32H29N3O2S. The largest absolute Gasteiger partial charge is 0.430 e. The van der Waals surface area contributed by atoms with E-state index in [1.165, 1.54) is 22.7 Å². The van der Waals surface area contributed by atoms with E-state index in [0.29, 0.717) is 35.3 Å². The van der Waals surface area contributed by atoms with Crippen LogP contribution in [0, 0.1) is 6.92 Å². The van der Waals surface area contributed by atoms with Gasteiger partial charge in [-0.2, -0.15) is 9.36 Å². The number of nitrogens with one attached hydrogen (secondary N) is 1. The predicted octanol–water partition coefficient (Wildman–Crippen LogP) is 7.18. The summed E-state index contributed by atoms with van der Waals surface area (Å²) >= 11 is 1.22. The molecule has 5 rings (SSSR count). The van der Waals surface area contributed by atoms with Crippen molar-refractivity contribution in [2.45, 2.75) is 25.7 Å². The van der Waals surface area contributed by atoms with E-state index >= 15 is 0 Å². The molecule has 0 saturated heterocycles. The van der Waals surface area contributed by atoms with Crippen molar-refractivity contribution in [2.75, 3.05) is 6.54 Å². The van der Waals surface area contributed by atoms with Gasteiger partial charge in [0.1, 0.15) is 5.75 Å². The van der Waals surface area contributed by atoms with Gasteiger partial charge in [0.05, 0.1) is 0 Å². The number of aromatic nitrogens is 2. The van der Waals surface area contributed by atoms with Crippen molar-refractivity contribution >= 4 is 17.4 Å². The van der Waals surface area contributed by atoms with Gasteiger partial charge in [0.15, 0.2) is 5.82 Å². The fourth-order valence-corrected chi connectivity index (χ4v) is 4.97. The van der Waals surface area contributed by atoms with Gasteiger partial charge in [0.2, 0.25) is 0 Å². The van der Waals surface area contributed by atoms with Crippen molar-refractivity contribution in [3.05, 3.63) is 143 Å². The first kappa shape index (κ1) is 25.4. The van der Waals surface area contributed by atoms with Crippen LogP contribution < -0.4 is 10.1 Å². The van der Waals surface area contributed by atoms with E-state index < -0.39 is 0 Å². The smallest absolute Gasteiger partial charge is 0.298 e. The highest BCUT2D eigenvalue weighted by Gasteiger charge is 2.16. The fraction of sp³-hybridized carbons (Fsp3) is 0.156. The maximum atomic E-state index is 13.0.